The maximum Gasteiger partial charge on any atom is 0.360 e. The van der Waals surface area contributed by atoms with Gasteiger partial charge in [-0.05, 0) is 0 Å². The topological polar surface area (TPSA) is 64.4 Å². The number of nitrogens with one attached hydrogen (secondary N) is 1. The molecule has 0 spiro atoms. The summed E-state index contributed by atoms with van der Waals surface area (Å²) in [6.45, 7) is 1.72. The Bertz CT molecular complexity index is 322. The molecule has 1 fully saturated rings. The van der Waals surface area contributed by atoms with Gasteiger partial charge in [-0.25, -0.2) is 9.78 Å². The van der Waals surface area contributed by atoms with E-state index < -0.39 is 5.97 Å². The lowest BCUT2D eigenvalue weighted by molar-refractivity contribution is 0.0594. The predicted octanol–water partition coefficient (Wildman–Crippen LogP) is 0.570. The summed E-state index contributed by atoms with van der Waals surface area (Å²) in [6.07, 6.45) is 1.33. The van der Waals surface area contributed by atoms with Crippen LogP contribution in [0.15, 0.2) is 10.7 Å². The Morgan fingerprint density at radius 3 is 2.93 bits per heavy atom. The lowest BCUT2D eigenvalue weighted by Crippen LogP contribution is -2.40. The summed E-state index contributed by atoms with van der Waals surface area (Å²) in [5, 5.41) is 3.10. The van der Waals surface area contributed by atoms with Crippen LogP contribution in [-0.4, -0.2) is 31.2 Å². The zero-order chi connectivity index (χ0) is 9.26. The third-order valence-corrected chi connectivity index (χ3v) is 2.05. The number of aromatic nitrogens is 1. The van der Waals surface area contributed by atoms with Crippen LogP contribution in [-0.2, 0) is 4.74 Å². The van der Waals surface area contributed by atoms with Crippen molar-refractivity contribution in [3.63, 3.8) is 0 Å². The van der Waals surface area contributed by atoms with E-state index in [1.54, 1.807) is 0 Å². The Morgan fingerprint density at radius 1 is 1.71 bits per heavy atom. The minimum Gasteiger partial charge on any atom is -0.464 e. The molecule has 78 valence electrons. The normalized spacial score (nSPS) is 15.5. The molecule has 0 amide bonds. The quantitative estimate of drug-likeness (QED) is 0.736. The van der Waals surface area contributed by atoms with E-state index in [2.05, 4.69) is 15.0 Å². The summed E-state index contributed by atoms with van der Waals surface area (Å²) in [7, 11) is 1.32. The molecular weight excluding hydrogens is 208 g/mol. The molecule has 5 nitrogen and oxygen atoms in total. The number of halogens is 1. The molecule has 6 heteroatoms. The summed E-state index contributed by atoms with van der Waals surface area (Å²) < 4.78 is 9.64. The van der Waals surface area contributed by atoms with Crippen LogP contribution < -0.4 is 5.32 Å². The molecular formula is C8H11ClN2O3. The zero-order valence-corrected chi connectivity index (χ0v) is 8.47. The van der Waals surface area contributed by atoms with Gasteiger partial charge in [0.05, 0.1) is 13.0 Å². The monoisotopic (exact) mass is 218 g/mol. The molecule has 1 saturated heterocycles. The van der Waals surface area contributed by atoms with Gasteiger partial charge in [-0.2, -0.15) is 0 Å². The fraction of sp³-hybridized carbons (Fsp3) is 0.500. The maximum absolute atomic E-state index is 11.0. The van der Waals surface area contributed by atoms with E-state index in [-0.39, 0.29) is 18.1 Å². The molecule has 0 aromatic carbocycles. The second-order valence-electron chi connectivity index (χ2n) is 2.92. The van der Waals surface area contributed by atoms with Crippen molar-refractivity contribution >= 4 is 18.4 Å². The van der Waals surface area contributed by atoms with Crippen molar-refractivity contribution < 1.29 is 13.9 Å². The van der Waals surface area contributed by atoms with Crippen LogP contribution in [0, 0.1) is 0 Å². The van der Waals surface area contributed by atoms with E-state index >= 15 is 0 Å². The molecule has 1 aliphatic heterocycles. The average molecular weight is 219 g/mol. The predicted molar refractivity (Wildman–Crippen MR) is 50.7 cm³/mol. The van der Waals surface area contributed by atoms with Gasteiger partial charge in [0, 0.05) is 13.1 Å². The van der Waals surface area contributed by atoms with Crippen LogP contribution in [0.5, 0.6) is 0 Å². The van der Waals surface area contributed by atoms with Crippen molar-refractivity contribution in [2.45, 2.75) is 5.92 Å². The number of nitrogens with zero attached hydrogens (tertiary/aromatic N) is 1. The highest BCUT2D eigenvalue weighted by Crippen LogP contribution is 2.18. The molecule has 1 aromatic rings. The van der Waals surface area contributed by atoms with E-state index in [1.165, 1.54) is 13.4 Å². The highest BCUT2D eigenvalue weighted by molar-refractivity contribution is 5.86. The van der Waals surface area contributed by atoms with Crippen LogP contribution in [0.2, 0.25) is 0 Å². The molecule has 0 radical (unpaired) electrons. The van der Waals surface area contributed by atoms with Gasteiger partial charge in [-0.1, -0.05) is 0 Å². The van der Waals surface area contributed by atoms with Gasteiger partial charge < -0.3 is 14.5 Å². The molecule has 2 heterocycles. The standard InChI is InChI=1S/C8H10N2O3.ClH/c1-12-8(11)6-4-13-7(10-6)5-2-9-3-5;/h4-5,9H,2-3H2,1H3;1H. The van der Waals surface area contributed by atoms with Gasteiger partial charge in [-0.3, -0.25) is 0 Å². The van der Waals surface area contributed by atoms with Crippen LogP contribution in [0.4, 0.5) is 0 Å². The van der Waals surface area contributed by atoms with Crippen molar-refractivity contribution in [3.8, 4) is 0 Å². The van der Waals surface area contributed by atoms with Crippen molar-refractivity contribution in [1.82, 2.24) is 10.3 Å². The summed E-state index contributed by atoms with van der Waals surface area (Å²) >= 11 is 0. The number of carbonyl (C=O) groups excluding carboxylic acids is 1. The van der Waals surface area contributed by atoms with E-state index in [1.807, 2.05) is 0 Å². The molecule has 1 aromatic heterocycles. The Morgan fingerprint density at radius 2 is 2.43 bits per heavy atom. The Balaban J connectivity index is 0.000000980. The molecule has 0 saturated carbocycles. The summed E-state index contributed by atoms with van der Waals surface area (Å²) in [6, 6.07) is 0. The molecule has 0 unspecified atom stereocenters. The molecule has 14 heavy (non-hydrogen) atoms. The van der Waals surface area contributed by atoms with Gasteiger partial charge in [0.25, 0.3) is 0 Å². The largest absolute Gasteiger partial charge is 0.464 e. The Labute approximate surface area is 87.2 Å². The number of hydrogen-bond donors (Lipinski definition) is 1. The first-order valence-corrected chi connectivity index (χ1v) is 4.05. The first kappa shape index (κ1) is 11.0. The number of rotatable bonds is 2. The molecule has 0 atom stereocenters. The van der Waals surface area contributed by atoms with Crippen molar-refractivity contribution in [1.29, 1.82) is 0 Å². The number of oxazole rings is 1. The van der Waals surface area contributed by atoms with Crippen molar-refractivity contribution in [2.75, 3.05) is 20.2 Å². The van der Waals surface area contributed by atoms with Crippen LogP contribution >= 0.6 is 12.4 Å². The van der Waals surface area contributed by atoms with E-state index in [4.69, 9.17) is 4.42 Å². The fourth-order valence-electron chi connectivity index (χ4n) is 1.14. The minimum absolute atomic E-state index is 0. The number of methoxy groups -OCH3 is 1. The summed E-state index contributed by atoms with van der Waals surface area (Å²) in [5.41, 5.74) is 0.240. The van der Waals surface area contributed by atoms with Gasteiger partial charge in [0.15, 0.2) is 11.6 Å². The number of esters is 1. The number of hydrogen-bond acceptors (Lipinski definition) is 5. The van der Waals surface area contributed by atoms with Gasteiger partial charge in [0.2, 0.25) is 0 Å². The number of ether oxygens (including phenoxy) is 1. The van der Waals surface area contributed by atoms with E-state index in [9.17, 15) is 4.79 Å². The Hall–Kier alpha value is -1.07. The second kappa shape index (κ2) is 4.43. The lowest BCUT2D eigenvalue weighted by Gasteiger charge is -2.23. The summed E-state index contributed by atoms with van der Waals surface area (Å²) in [5.74, 6) is 0.458. The molecule has 2 rings (SSSR count). The minimum atomic E-state index is -0.456. The molecule has 0 aliphatic carbocycles. The maximum atomic E-state index is 11.0. The van der Waals surface area contributed by atoms with Crippen molar-refractivity contribution in [2.24, 2.45) is 0 Å². The first-order valence-electron chi connectivity index (χ1n) is 4.05. The lowest BCUT2D eigenvalue weighted by atomic mass is 10.0. The van der Waals surface area contributed by atoms with Crippen LogP contribution in [0.3, 0.4) is 0 Å². The molecule has 1 aliphatic rings. The second-order valence-corrected chi connectivity index (χ2v) is 2.92. The van der Waals surface area contributed by atoms with Crippen LogP contribution in [0.25, 0.3) is 0 Å². The molecule has 0 bridgehead atoms. The van der Waals surface area contributed by atoms with E-state index in [0.29, 0.717) is 11.8 Å². The smallest absolute Gasteiger partial charge is 0.360 e. The van der Waals surface area contributed by atoms with Crippen molar-refractivity contribution in [3.05, 3.63) is 17.8 Å². The van der Waals surface area contributed by atoms with Crippen LogP contribution in [0.1, 0.15) is 22.3 Å². The third kappa shape index (κ3) is 1.88. The summed E-state index contributed by atoms with van der Waals surface area (Å²) in [4.78, 5) is 15.0. The fourth-order valence-corrected chi connectivity index (χ4v) is 1.14. The highest BCUT2D eigenvalue weighted by atomic mass is 35.5. The SMILES string of the molecule is COC(=O)c1coc(C2CNC2)n1.Cl. The molecule has 1 N–H and O–H groups in total. The number of carbonyl (C=O) groups is 1. The Kier molecular flexibility index (Phi) is 3.49. The van der Waals surface area contributed by atoms with Gasteiger partial charge in [-0.15, -0.1) is 12.4 Å². The van der Waals surface area contributed by atoms with E-state index in [0.717, 1.165) is 13.1 Å². The van der Waals surface area contributed by atoms with Gasteiger partial charge in [0.1, 0.15) is 6.26 Å². The van der Waals surface area contributed by atoms with Gasteiger partial charge >= 0.3 is 5.97 Å². The zero-order valence-electron chi connectivity index (χ0n) is 7.65. The highest BCUT2D eigenvalue weighted by Gasteiger charge is 2.25. The third-order valence-electron chi connectivity index (χ3n) is 2.05. The first-order chi connectivity index (χ1) is 6.31. The average Bonchev–Trinajstić information content (AvgIpc) is 2.49.